The van der Waals surface area contributed by atoms with Gasteiger partial charge in [-0.3, -0.25) is 10.1 Å². The monoisotopic (exact) mass is 267 g/mol. The lowest BCUT2D eigenvalue weighted by Gasteiger charge is -2.03. The molecule has 2 aromatic rings. The van der Waals surface area contributed by atoms with Gasteiger partial charge in [-0.2, -0.15) is 4.39 Å². The van der Waals surface area contributed by atoms with Crippen molar-refractivity contribution in [3.05, 3.63) is 52.1 Å². The predicted molar refractivity (Wildman–Crippen MR) is 65.8 cm³/mol. The van der Waals surface area contributed by atoms with Crippen LogP contribution in [-0.4, -0.2) is 14.5 Å². The predicted octanol–water partition coefficient (Wildman–Crippen LogP) is 2.76. The van der Waals surface area contributed by atoms with E-state index in [-0.39, 0.29) is 0 Å². The molecule has 1 aromatic heterocycles. The van der Waals surface area contributed by atoms with Crippen LogP contribution in [0.15, 0.2) is 35.7 Å². The number of aryl methyl sites for hydroxylation is 1. The minimum atomic E-state index is -0.774. The summed E-state index contributed by atoms with van der Waals surface area (Å²) in [6, 6.07) is 4.18. The van der Waals surface area contributed by atoms with Crippen LogP contribution in [0.5, 0.6) is 0 Å². The van der Waals surface area contributed by atoms with Gasteiger partial charge in [-0.05, 0) is 0 Å². The molecule has 0 fully saturated rings. The number of aromatic nitrogens is 2. The van der Waals surface area contributed by atoms with Crippen LogP contribution in [0.2, 0.25) is 0 Å². The second-order valence-corrected chi connectivity index (χ2v) is 4.56. The number of nitrogens with zero attached hydrogens (tertiary/aromatic N) is 3. The third-order valence-electron chi connectivity index (χ3n) is 2.39. The molecule has 2 rings (SSSR count). The number of rotatable bonds is 4. The molecule has 0 atom stereocenters. The lowest BCUT2D eigenvalue weighted by molar-refractivity contribution is -0.387. The smallest absolute Gasteiger partial charge is 0.305 e. The second kappa shape index (κ2) is 5.18. The Bertz CT molecular complexity index is 585. The van der Waals surface area contributed by atoms with E-state index >= 15 is 0 Å². The largest absolute Gasteiger partial charge is 0.329 e. The average molecular weight is 267 g/mol. The molecule has 0 aliphatic heterocycles. The Morgan fingerprint density at radius 3 is 2.94 bits per heavy atom. The molecule has 0 spiro atoms. The van der Waals surface area contributed by atoms with Gasteiger partial charge in [-0.15, -0.1) is 0 Å². The van der Waals surface area contributed by atoms with Crippen molar-refractivity contribution in [2.24, 2.45) is 7.05 Å². The van der Waals surface area contributed by atoms with Gasteiger partial charge in [-0.25, -0.2) is 4.98 Å². The molecule has 0 bridgehead atoms. The highest BCUT2D eigenvalue weighted by Gasteiger charge is 2.17. The second-order valence-electron chi connectivity index (χ2n) is 3.62. The van der Waals surface area contributed by atoms with Gasteiger partial charge < -0.3 is 4.57 Å². The summed E-state index contributed by atoms with van der Waals surface area (Å²) in [4.78, 5) is 14.0. The molecule has 94 valence electrons. The third-order valence-corrected chi connectivity index (χ3v) is 3.50. The fourth-order valence-corrected chi connectivity index (χ4v) is 2.36. The van der Waals surface area contributed by atoms with E-state index in [1.807, 2.05) is 7.05 Å². The zero-order chi connectivity index (χ0) is 13.1. The summed E-state index contributed by atoms with van der Waals surface area (Å²) in [6.07, 6.45) is 3.43. The van der Waals surface area contributed by atoms with Crippen LogP contribution in [0.1, 0.15) is 5.56 Å². The van der Waals surface area contributed by atoms with Crippen molar-refractivity contribution in [2.45, 2.75) is 10.9 Å². The molecule has 0 amide bonds. The first-order valence-corrected chi connectivity index (χ1v) is 6.10. The summed E-state index contributed by atoms with van der Waals surface area (Å²) in [5.74, 6) is -0.470. The van der Waals surface area contributed by atoms with E-state index in [0.717, 1.165) is 11.2 Å². The molecule has 5 nitrogen and oxygen atoms in total. The molecule has 1 aromatic carbocycles. The quantitative estimate of drug-likeness (QED) is 0.485. The Morgan fingerprint density at radius 2 is 2.33 bits per heavy atom. The van der Waals surface area contributed by atoms with Gasteiger partial charge in [0.05, 0.1) is 4.92 Å². The molecule has 0 N–H and O–H groups in total. The van der Waals surface area contributed by atoms with E-state index in [9.17, 15) is 14.5 Å². The number of thioether (sulfide) groups is 1. The molecular weight excluding hydrogens is 257 g/mol. The van der Waals surface area contributed by atoms with Crippen LogP contribution in [0.3, 0.4) is 0 Å². The first kappa shape index (κ1) is 12.6. The van der Waals surface area contributed by atoms with Crippen LogP contribution in [-0.2, 0) is 12.8 Å². The number of imidazole rings is 1. The van der Waals surface area contributed by atoms with Crippen molar-refractivity contribution in [3.63, 3.8) is 0 Å². The van der Waals surface area contributed by atoms with E-state index < -0.39 is 16.4 Å². The Labute approximate surface area is 107 Å². The number of hydrogen-bond donors (Lipinski definition) is 0. The van der Waals surface area contributed by atoms with Gasteiger partial charge in [0.15, 0.2) is 5.16 Å². The lowest BCUT2D eigenvalue weighted by Crippen LogP contribution is -1.97. The number of halogens is 1. The van der Waals surface area contributed by atoms with Crippen molar-refractivity contribution >= 4 is 17.4 Å². The van der Waals surface area contributed by atoms with E-state index in [2.05, 4.69) is 4.98 Å². The first-order chi connectivity index (χ1) is 8.59. The molecule has 0 radical (unpaired) electrons. The minimum absolute atomic E-state index is 0.303. The summed E-state index contributed by atoms with van der Waals surface area (Å²) in [7, 11) is 1.83. The average Bonchev–Trinajstić information content (AvgIpc) is 2.73. The molecule has 0 aliphatic rings. The van der Waals surface area contributed by atoms with Crippen LogP contribution in [0.25, 0.3) is 0 Å². The highest BCUT2D eigenvalue weighted by molar-refractivity contribution is 7.98. The Balaban J connectivity index is 2.17. The molecule has 7 heteroatoms. The zero-order valence-corrected chi connectivity index (χ0v) is 10.4. The maximum Gasteiger partial charge on any atom is 0.305 e. The topological polar surface area (TPSA) is 61.0 Å². The number of nitro groups is 1. The summed E-state index contributed by atoms with van der Waals surface area (Å²) < 4.78 is 15.6. The normalized spacial score (nSPS) is 10.6. The Hall–Kier alpha value is -1.89. The molecule has 0 unspecified atom stereocenters. The molecule has 0 saturated carbocycles. The van der Waals surface area contributed by atoms with Crippen molar-refractivity contribution in [3.8, 4) is 0 Å². The summed E-state index contributed by atoms with van der Waals surface area (Å²) in [5, 5.41) is 11.3. The summed E-state index contributed by atoms with van der Waals surface area (Å²) in [6.45, 7) is 0. The van der Waals surface area contributed by atoms with Crippen LogP contribution < -0.4 is 0 Å². The van der Waals surface area contributed by atoms with Gasteiger partial charge >= 0.3 is 5.69 Å². The third kappa shape index (κ3) is 2.51. The Kier molecular flexibility index (Phi) is 3.61. The maximum atomic E-state index is 13.8. The number of nitro benzene ring substituents is 1. The Morgan fingerprint density at radius 1 is 1.56 bits per heavy atom. The number of hydrogen-bond acceptors (Lipinski definition) is 4. The molecule has 1 heterocycles. The zero-order valence-electron chi connectivity index (χ0n) is 9.54. The molecular formula is C11H10FN3O2S. The van der Waals surface area contributed by atoms with Gasteiger partial charge in [-0.1, -0.05) is 23.9 Å². The van der Waals surface area contributed by atoms with Gasteiger partial charge in [0.1, 0.15) is 0 Å². The molecule has 18 heavy (non-hydrogen) atoms. The fourth-order valence-electron chi connectivity index (χ4n) is 1.45. The van der Waals surface area contributed by atoms with Crippen LogP contribution >= 0.6 is 11.8 Å². The van der Waals surface area contributed by atoms with Gasteiger partial charge in [0.2, 0.25) is 5.82 Å². The standard InChI is InChI=1S/C11H10FN3O2S/c1-14-6-5-13-11(14)18-7-8-3-2-4-9(10(8)12)15(16)17/h2-6H,7H2,1H3. The lowest BCUT2D eigenvalue weighted by atomic mass is 10.2. The van der Waals surface area contributed by atoms with E-state index in [1.165, 1.54) is 23.9 Å². The summed E-state index contributed by atoms with van der Waals surface area (Å²) >= 11 is 1.33. The summed E-state index contributed by atoms with van der Waals surface area (Å²) in [5.41, 5.74) is -0.190. The van der Waals surface area contributed by atoms with Gasteiger partial charge in [0, 0.05) is 36.8 Å². The van der Waals surface area contributed by atoms with Crippen molar-refractivity contribution in [2.75, 3.05) is 0 Å². The fraction of sp³-hybridized carbons (Fsp3) is 0.182. The minimum Gasteiger partial charge on any atom is -0.329 e. The highest BCUT2D eigenvalue weighted by Crippen LogP contribution is 2.26. The van der Waals surface area contributed by atoms with Crippen LogP contribution in [0, 0.1) is 15.9 Å². The van der Waals surface area contributed by atoms with Crippen LogP contribution in [0.4, 0.5) is 10.1 Å². The van der Waals surface area contributed by atoms with Crippen molar-refractivity contribution in [1.29, 1.82) is 0 Å². The molecule has 0 saturated heterocycles. The van der Waals surface area contributed by atoms with E-state index in [0.29, 0.717) is 11.3 Å². The maximum absolute atomic E-state index is 13.8. The van der Waals surface area contributed by atoms with Crippen molar-refractivity contribution < 1.29 is 9.31 Å². The van der Waals surface area contributed by atoms with Gasteiger partial charge in [0.25, 0.3) is 0 Å². The van der Waals surface area contributed by atoms with Crippen molar-refractivity contribution in [1.82, 2.24) is 9.55 Å². The van der Waals surface area contributed by atoms with E-state index in [1.54, 1.807) is 17.0 Å². The highest BCUT2D eigenvalue weighted by atomic mass is 32.2. The number of benzene rings is 1. The first-order valence-electron chi connectivity index (χ1n) is 5.11. The van der Waals surface area contributed by atoms with E-state index in [4.69, 9.17) is 0 Å². The SMILES string of the molecule is Cn1ccnc1SCc1cccc([N+](=O)[O-])c1F. The molecule has 0 aliphatic carbocycles.